The second kappa shape index (κ2) is 6.11. The standard InChI is InChI=1S/C12H12F2N4O2/c13-9-2-1-7(3-10(9)14)11(19)6-15-12(20)18-8-4-16-17-5-8/h1-5,11,19H,6H2,(H,16,17)(H2,15,18,20). The summed E-state index contributed by atoms with van der Waals surface area (Å²) in [6, 6.07) is 2.50. The summed E-state index contributed by atoms with van der Waals surface area (Å²) in [7, 11) is 0. The molecule has 0 aliphatic rings. The van der Waals surface area contributed by atoms with Gasteiger partial charge in [-0.3, -0.25) is 5.10 Å². The van der Waals surface area contributed by atoms with E-state index in [1.54, 1.807) is 0 Å². The first-order valence-corrected chi connectivity index (χ1v) is 5.73. The summed E-state index contributed by atoms with van der Waals surface area (Å²) in [6.45, 7) is -0.144. The van der Waals surface area contributed by atoms with Gasteiger partial charge in [0.25, 0.3) is 0 Å². The molecule has 4 N–H and O–H groups in total. The van der Waals surface area contributed by atoms with Crippen LogP contribution >= 0.6 is 0 Å². The van der Waals surface area contributed by atoms with E-state index in [9.17, 15) is 18.7 Å². The number of hydrogen-bond donors (Lipinski definition) is 4. The van der Waals surface area contributed by atoms with E-state index < -0.39 is 23.8 Å². The predicted molar refractivity (Wildman–Crippen MR) is 66.9 cm³/mol. The van der Waals surface area contributed by atoms with Crippen LogP contribution in [0.4, 0.5) is 19.3 Å². The van der Waals surface area contributed by atoms with Gasteiger partial charge in [-0.15, -0.1) is 0 Å². The van der Waals surface area contributed by atoms with Crippen LogP contribution in [0.25, 0.3) is 0 Å². The van der Waals surface area contributed by atoms with Gasteiger partial charge < -0.3 is 15.7 Å². The van der Waals surface area contributed by atoms with Gasteiger partial charge in [0.1, 0.15) is 0 Å². The normalized spacial score (nSPS) is 11.9. The van der Waals surface area contributed by atoms with E-state index >= 15 is 0 Å². The van der Waals surface area contributed by atoms with E-state index in [4.69, 9.17) is 0 Å². The zero-order valence-corrected chi connectivity index (χ0v) is 10.2. The number of amides is 2. The number of benzene rings is 1. The summed E-state index contributed by atoms with van der Waals surface area (Å²) in [5.74, 6) is -2.05. The molecule has 2 amide bonds. The summed E-state index contributed by atoms with van der Waals surface area (Å²) in [5, 5.41) is 20.8. The van der Waals surface area contributed by atoms with Crippen LogP contribution in [0.2, 0.25) is 0 Å². The van der Waals surface area contributed by atoms with Gasteiger partial charge in [-0.05, 0) is 17.7 Å². The maximum absolute atomic E-state index is 13.0. The molecular weight excluding hydrogens is 270 g/mol. The highest BCUT2D eigenvalue weighted by molar-refractivity contribution is 5.88. The molecule has 2 rings (SSSR count). The van der Waals surface area contributed by atoms with Crippen LogP contribution in [-0.4, -0.2) is 27.9 Å². The molecule has 106 valence electrons. The van der Waals surface area contributed by atoms with Crippen LogP contribution in [0.3, 0.4) is 0 Å². The zero-order chi connectivity index (χ0) is 14.5. The molecular formula is C12H12F2N4O2. The second-order valence-corrected chi connectivity index (χ2v) is 4.01. The second-order valence-electron chi connectivity index (χ2n) is 4.01. The van der Waals surface area contributed by atoms with Crippen molar-refractivity contribution in [1.82, 2.24) is 15.5 Å². The Hall–Kier alpha value is -2.48. The highest BCUT2D eigenvalue weighted by atomic mass is 19.2. The van der Waals surface area contributed by atoms with Gasteiger partial charge in [0.15, 0.2) is 11.6 Å². The van der Waals surface area contributed by atoms with Crippen LogP contribution in [0.1, 0.15) is 11.7 Å². The molecule has 1 heterocycles. The number of hydrogen-bond acceptors (Lipinski definition) is 3. The van der Waals surface area contributed by atoms with Crippen molar-refractivity contribution in [3.8, 4) is 0 Å². The Morgan fingerprint density at radius 2 is 2.20 bits per heavy atom. The molecule has 1 aromatic carbocycles. The number of aromatic nitrogens is 2. The smallest absolute Gasteiger partial charge is 0.319 e. The van der Waals surface area contributed by atoms with Gasteiger partial charge in [0.2, 0.25) is 0 Å². The molecule has 8 heteroatoms. The van der Waals surface area contributed by atoms with Crippen LogP contribution in [0.5, 0.6) is 0 Å². The maximum atomic E-state index is 13.0. The highest BCUT2D eigenvalue weighted by Gasteiger charge is 2.12. The summed E-state index contributed by atoms with van der Waals surface area (Å²) in [6.07, 6.45) is 1.75. The number of rotatable bonds is 4. The molecule has 0 saturated carbocycles. The van der Waals surface area contributed by atoms with E-state index in [-0.39, 0.29) is 12.1 Å². The molecule has 2 aromatic rings. The third-order valence-electron chi connectivity index (χ3n) is 2.54. The van der Waals surface area contributed by atoms with Crippen LogP contribution in [0.15, 0.2) is 30.6 Å². The Kier molecular flexibility index (Phi) is 4.26. The predicted octanol–water partition coefficient (Wildman–Crippen LogP) is 1.54. The minimum atomic E-state index is -1.14. The van der Waals surface area contributed by atoms with Crippen molar-refractivity contribution < 1.29 is 18.7 Å². The average molecular weight is 282 g/mol. The Balaban J connectivity index is 1.86. The highest BCUT2D eigenvalue weighted by Crippen LogP contribution is 2.15. The number of aromatic amines is 1. The van der Waals surface area contributed by atoms with Crippen LogP contribution in [-0.2, 0) is 0 Å². The third kappa shape index (κ3) is 3.51. The maximum Gasteiger partial charge on any atom is 0.319 e. The number of urea groups is 1. The Morgan fingerprint density at radius 1 is 1.40 bits per heavy atom. The largest absolute Gasteiger partial charge is 0.387 e. The van der Waals surface area contributed by atoms with Crippen molar-refractivity contribution in [3.05, 3.63) is 47.8 Å². The summed E-state index contributed by atoms with van der Waals surface area (Å²) in [5.41, 5.74) is 0.636. The zero-order valence-electron chi connectivity index (χ0n) is 10.2. The van der Waals surface area contributed by atoms with E-state index in [0.29, 0.717) is 5.69 Å². The Morgan fingerprint density at radius 3 is 2.85 bits per heavy atom. The number of nitrogens with zero attached hydrogens (tertiary/aromatic N) is 1. The minimum absolute atomic E-state index is 0.144. The number of aliphatic hydroxyl groups is 1. The summed E-state index contributed by atoms with van der Waals surface area (Å²) >= 11 is 0. The minimum Gasteiger partial charge on any atom is -0.387 e. The Bertz CT molecular complexity index is 589. The molecule has 0 radical (unpaired) electrons. The van der Waals surface area contributed by atoms with Gasteiger partial charge in [-0.25, -0.2) is 13.6 Å². The lowest BCUT2D eigenvalue weighted by molar-refractivity contribution is 0.174. The summed E-state index contributed by atoms with van der Waals surface area (Å²) < 4.78 is 25.7. The fourth-order valence-electron chi connectivity index (χ4n) is 1.52. The number of carbonyl (C=O) groups excluding carboxylic acids is 1. The molecule has 1 aromatic heterocycles. The van der Waals surface area contributed by atoms with Crippen molar-refractivity contribution in [2.75, 3.05) is 11.9 Å². The fraction of sp³-hybridized carbons (Fsp3) is 0.167. The Labute approximate surface area is 112 Å². The van der Waals surface area contributed by atoms with Crippen molar-refractivity contribution in [2.45, 2.75) is 6.10 Å². The molecule has 0 spiro atoms. The van der Waals surface area contributed by atoms with E-state index in [1.807, 2.05) is 0 Å². The monoisotopic (exact) mass is 282 g/mol. The molecule has 0 saturated heterocycles. The number of halogens is 2. The van der Waals surface area contributed by atoms with E-state index in [2.05, 4.69) is 20.8 Å². The van der Waals surface area contributed by atoms with Gasteiger partial charge in [0, 0.05) is 12.7 Å². The van der Waals surface area contributed by atoms with Gasteiger partial charge in [-0.2, -0.15) is 5.10 Å². The van der Waals surface area contributed by atoms with Gasteiger partial charge >= 0.3 is 6.03 Å². The topological polar surface area (TPSA) is 90.0 Å². The van der Waals surface area contributed by atoms with E-state index in [0.717, 1.165) is 12.1 Å². The van der Waals surface area contributed by atoms with Crippen molar-refractivity contribution in [3.63, 3.8) is 0 Å². The molecule has 0 aliphatic heterocycles. The lowest BCUT2D eigenvalue weighted by atomic mass is 10.1. The van der Waals surface area contributed by atoms with Crippen molar-refractivity contribution >= 4 is 11.7 Å². The lowest BCUT2D eigenvalue weighted by Crippen LogP contribution is -2.32. The molecule has 1 atom stereocenters. The average Bonchev–Trinajstić information content (AvgIpc) is 2.92. The molecule has 20 heavy (non-hydrogen) atoms. The number of carbonyl (C=O) groups is 1. The molecule has 0 aliphatic carbocycles. The SMILES string of the molecule is O=C(NCC(O)c1ccc(F)c(F)c1)Nc1cn[nH]c1. The third-order valence-corrected chi connectivity index (χ3v) is 2.54. The number of H-pyrrole nitrogens is 1. The molecule has 0 fully saturated rings. The van der Waals surface area contributed by atoms with Gasteiger partial charge in [0.05, 0.1) is 18.0 Å². The van der Waals surface area contributed by atoms with Crippen molar-refractivity contribution in [1.29, 1.82) is 0 Å². The van der Waals surface area contributed by atoms with Crippen LogP contribution in [0, 0.1) is 11.6 Å². The lowest BCUT2D eigenvalue weighted by Gasteiger charge is -2.12. The van der Waals surface area contributed by atoms with Crippen molar-refractivity contribution in [2.24, 2.45) is 0 Å². The van der Waals surface area contributed by atoms with Crippen LogP contribution < -0.4 is 10.6 Å². The fourth-order valence-corrected chi connectivity index (χ4v) is 1.52. The molecule has 1 unspecified atom stereocenters. The first kappa shape index (κ1) is 13.9. The molecule has 0 bridgehead atoms. The quantitative estimate of drug-likeness (QED) is 0.685. The first-order chi connectivity index (χ1) is 9.56. The number of aliphatic hydroxyl groups excluding tert-OH is 1. The first-order valence-electron chi connectivity index (χ1n) is 5.73. The molecule has 6 nitrogen and oxygen atoms in total. The van der Waals surface area contributed by atoms with E-state index in [1.165, 1.54) is 18.5 Å². The number of nitrogens with one attached hydrogen (secondary N) is 3. The number of anilines is 1. The van der Waals surface area contributed by atoms with Gasteiger partial charge in [-0.1, -0.05) is 6.07 Å². The summed E-state index contributed by atoms with van der Waals surface area (Å²) in [4.78, 5) is 11.5.